The summed E-state index contributed by atoms with van der Waals surface area (Å²) in [6, 6.07) is 1.48. The lowest BCUT2D eigenvalue weighted by Gasteiger charge is -2.13. The first kappa shape index (κ1) is 23.9. The number of aliphatic hydroxyl groups excluding tert-OH is 4. The van der Waals surface area contributed by atoms with E-state index in [2.05, 4.69) is 19.9 Å². The predicted molar refractivity (Wildman–Crippen MR) is 116 cm³/mol. The highest BCUT2D eigenvalue weighted by molar-refractivity contribution is 5.81. The molecule has 3 aromatic rings. The Morgan fingerprint density at radius 3 is 2.15 bits per heavy atom. The van der Waals surface area contributed by atoms with Crippen molar-refractivity contribution in [2.75, 3.05) is 24.7 Å². The van der Waals surface area contributed by atoms with Crippen LogP contribution in [0.1, 0.15) is 25.3 Å². The number of imidazole rings is 1. The van der Waals surface area contributed by atoms with Gasteiger partial charge in [0.15, 0.2) is 11.5 Å². The Balaban J connectivity index is 0.000000162. The number of nitrogens with two attached hydrogens (primary N) is 2. The normalized spacial score (nSPS) is 28.7. The molecule has 0 aliphatic carbocycles. The van der Waals surface area contributed by atoms with Crippen LogP contribution >= 0.6 is 0 Å². The number of aromatic nitrogens is 6. The third-order valence-corrected chi connectivity index (χ3v) is 5.63. The summed E-state index contributed by atoms with van der Waals surface area (Å²) in [7, 11) is 0. The van der Waals surface area contributed by atoms with E-state index in [4.69, 9.17) is 31.2 Å². The number of anilines is 2. The molecule has 2 fully saturated rings. The Kier molecular flexibility index (Phi) is 7.01. The molecule has 0 saturated carbocycles. The number of ether oxygens (including phenoxy) is 2. The molecule has 15 heteroatoms. The lowest BCUT2D eigenvalue weighted by atomic mass is 10.2. The van der Waals surface area contributed by atoms with Gasteiger partial charge in [0.25, 0.3) is 0 Å². The molecule has 5 heterocycles. The van der Waals surface area contributed by atoms with Crippen molar-refractivity contribution in [2.45, 2.75) is 49.7 Å². The molecule has 2 aliphatic rings. The van der Waals surface area contributed by atoms with Crippen molar-refractivity contribution in [2.24, 2.45) is 0 Å². The van der Waals surface area contributed by atoms with E-state index in [0.29, 0.717) is 23.4 Å². The SMILES string of the molecule is Nc1ccn([C@H]2C[C@H](O)[C@@H](CO)O2)c(=O)n1.Nc1ncnc2c1ncn2[C@H]1C[C@H](O)[C@@H](CO)O1. The minimum atomic E-state index is -0.778. The van der Waals surface area contributed by atoms with Crippen molar-refractivity contribution in [3.63, 3.8) is 0 Å². The van der Waals surface area contributed by atoms with Crippen LogP contribution in [0.25, 0.3) is 11.2 Å². The summed E-state index contributed by atoms with van der Waals surface area (Å²) in [5, 5.41) is 37.2. The van der Waals surface area contributed by atoms with Crippen LogP contribution in [-0.4, -0.2) is 87.1 Å². The van der Waals surface area contributed by atoms with Crippen molar-refractivity contribution in [1.29, 1.82) is 0 Å². The van der Waals surface area contributed by atoms with Gasteiger partial charge in [0, 0.05) is 19.0 Å². The molecule has 5 rings (SSSR count). The van der Waals surface area contributed by atoms with Gasteiger partial charge in [-0.25, -0.2) is 19.7 Å². The third-order valence-electron chi connectivity index (χ3n) is 5.63. The van der Waals surface area contributed by atoms with Crippen LogP contribution in [-0.2, 0) is 9.47 Å². The van der Waals surface area contributed by atoms with E-state index in [-0.39, 0.29) is 25.5 Å². The maximum absolute atomic E-state index is 11.5. The molecule has 6 atom stereocenters. The van der Waals surface area contributed by atoms with Crippen LogP contribution in [0.5, 0.6) is 0 Å². The summed E-state index contributed by atoms with van der Waals surface area (Å²) in [6.45, 7) is -0.504. The van der Waals surface area contributed by atoms with Crippen molar-refractivity contribution in [1.82, 2.24) is 29.1 Å². The fraction of sp³-hybridized carbons (Fsp3) is 0.526. The average molecular weight is 478 g/mol. The summed E-state index contributed by atoms with van der Waals surface area (Å²) >= 11 is 0. The molecule has 3 aromatic heterocycles. The molecule has 184 valence electrons. The zero-order chi connectivity index (χ0) is 24.4. The van der Waals surface area contributed by atoms with Gasteiger partial charge in [-0.2, -0.15) is 4.98 Å². The topological polar surface area (TPSA) is 230 Å². The van der Waals surface area contributed by atoms with Gasteiger partial charge in [-0.1, -0.05) is 0 Å². The van der Waals surface area contributed by atoms with Crippen LogP contribution in [0.15, 0.2) is 29.7 Å². The van der Waals surface area contributed by atoms with E-state index in [0.717, 1.165) is 0 Å². The Morgan fingerprint density at radius 1 is 0.971 bits per heavy atom. The fourth-order valence-electron chi connectivity index (χ4n) is 3.83. The quantitative estimate of drug-likeness (QED) is 0.228. The van der Waals surface area contributed by atoms with Crippen molar-refractivity contribution < 1.29 is 29.9 Å². The van der Waals surface area contributed by atoms with Gasteiger partial charge in [0.05, 0.1) is 31.7 Å². The number of rotatable bonds is 4. The van der Waals surface area contributed by atoms with Gasteiger partial charge in [-0.15, -0.1) is 0 Å². The fourth-order valence-corrected chi connectivity index (χ4v) is 3.83. The Hall–Kier alpha value is -3.21. The van der Waals surface area contributed by atoms with Gasteiger partial charge < -0.3 is 41.4 Å². The smallest absolute Gasteiger partial charge is 0.351 e. The number of nitrogens with zero attached hydrogens (tertiary/aromatic N) is 6. The van der Waals surface area contributed by atoms with Gasteiger partial charge >= 0.3 is 5.69 Å². The summed E-state index contributed by atoms with van der Waals surface area (Å²) in [5.74, 6) is 0.439. The highest BCUT2D eigenvalue weighted by Gasteiger charge is 2.36. The van der Waals surface area contributed by atoms with Crippen LogP contribution in [0, 0.1) is 0 Å². The molecule has 0 aromatic carbocycles. The molecule has 2 saturated heterocycles. The molecular formula is C19H26N8O7. The van der Waals surface area contributed by atoms with Gasteiger partial charge in [-0.05, 0) is 6.07 Å². The maximum atomic E-state index is 11.5. The summed E-state index contributed by atoms with van der Waals surface area (Å²) in [5.41, 5.74) is 11.6. The van der Waals surface area contributed by atoms with Crippen molar-refractivity contribution >= 4 is 22.8 Å². The van der Waals surface area contributed by atoms with E-state index >= 15 is 0 Å². The Morgan fingerprint density at radius 2 is 1.59 bits per heavy atom. The van der Waals surface area contributed by atoms with Crippen molar-refractivity contribution in [3.8, 4) is 0 Å². The van der Waals surface area contributed by atoms with Gasteiger partial charge in [-0.3, -0.25) is 9.13 Å². The Labute approximate surface area is 192 Å². The molecule has 34 heavy (non-hydrogen) atoms. The van der Waals surface area contributed by atoms with E-state index in [1.165, 1.54) is 23.2 Å². The number of hydrogen-bond donors (Lipinski definition) is 6. The average Bonchev–Trinajstić information content (AvgIpc) is 3.51. The van der Waals surface area contributed by atoms with Crippen LogP contribution in [0.4, 0.5) is 11.6 Å². The third kappa shape index (κ3) is 4.70. The lowest BCUT2D eigenvalue weighted by molar-refractivity contribution is -0.0458. The summed E-state index contributed by atoms with van der Waals surface area (Å²) in [6.07, 6.45) is 1.26. The zero-order valence-electron chi connectivity index (χ0n) is 18.0. The number of aliphatic hydroxyl groups is 4. The number of fused-ring (bicyclic) bond motifs is 1. The molecule has 0 amide bonds. The second kappa shape index (κ2) is 9.96. The molecule has 0 bridgehead atoms. The van der Waals surface area contributed by atoms with Gasteiger partial charge in [0.1, 0.15) is 42.3 Å². The predicted octanol–water partition coefficient (Wildman–Crippen LogP) is -2.48. The number of hydrogen-bond acceptors (Lipinski definition) is 13. The van der Waals surface area contributed by atoms with E-state index in [1.807, 2.05) is 0 Å². The minimum absolute atomic E-state index is 0.138. The second-order valence-corrected chi connectivity index (χ2v) is 7.85. The number of nitrogen functional groups attached to an aromatic ring is 2. The molecular weight excluding hydrogens is 452 g/mol. The minimum Gasteiger partial charge on any atom is -0.394 e. The van der Waals surface area contributed by atoms with Crippen LogP contribution in [0.2, 0.25) is 0 Å². The maximum Gasteiger partial charge on any atom is 0.351 e. The first-order valence-corrected chi connectivity index (χ1v) is 10.5. The molecule has 15 nitrogen and oxygen atoms in total. The van der Waals surface area contributed by atoms with Gasteiger partial charge in [0.2, 0.25) is 0 Å². The lowest BCUT2D eigenvalue weighted by Crippen LogP contribution is -2.27. The first-order chi connectivity index (χ1) is 16.3. The zero-order valence-corrected chi connectivity index (χ0v) is 18.0. The monoisotopic (exact) mass is 478 g/mol. The Bertz CT molecular complexity index is 1190. The largest absolute Gasteiger partial charge is 0.394 e. The standard InChI is InChI=1S/C10H13N5O3.C9H13N3O4/c11-9-8-10(13-3-12-9)15(4-14-8)7-1-5(17)6(2-16)18-7;10-7-1-2-12(9(15)11-7)8-3-5(14)6(4-13)16-8/h3-7,16-17H,1-2H2,(H2,11,12,13);1-2,5-6,8,13-14H,3-4H2,(H2,10,11,15)/t5-,6+,7+;5-,6+,8+/m00/s1. The van der Waals surface area contributed by atoms with Crippen molar-refractivity contribution in [3.05, 3.63) is 35.4 Å². The molecule has 0 unspecified atom stereocenters. The highest BCUT2D eigenvalue weighted by Crippen LogP contribution is 2.31. The van der Waals surface area contributed by atoms with Crippen LogP contribution in [0.3, 0.4) is 0 Å². The second-order valence-electron chi connectivity index (χ2n) is 7.85. The molecule has 2 aliphatic heterocycles. The highest BCUT2D eigenvalue weighted by atomic mass is 16.5. The summed E-state index contributed by atoms with van der Waals surface area (Å²) < 4.78 is 13.8. The van der Waals surface area contributed by atoms with Crippen LogP contribution < -0.4 is 17.2 Å². The molecule has 0 spiro atoms. The molecule has 8 N–H and O–H groups in total. The van der Waals surface area contributed by atoms with E-state index in [1.54, 1.807) is 10.9 Å². The van der Waals surface area contributed by atoms with E-state index in [9.17, 15) is 15.0 Å². The van der Waals surface area contributed by atoms with E-state index < -0.39 is 42.6 Å². The molecule has 0 radical (unpaired) electrons. The summed E-state index contributed by atoms with van der Waals surface area (Å²) in [4.78, 5) is 27.1. The first-order valence-electron chi connectivity index (χ1n) is 10.5.